The van der Waals surface area contributed by atoms with Crippen molar-refractivity contribution in [2.24, 2.45) is 5.18 Å². The zero-order valence-corrected chi connectivity index (χ0v) is 17.4. The minimum Gasteiger partial charge on any atom is -0.465 e. The van der Waals surface area contributed by atoms with Crippen molar-refractivity contribution in [1.29, 1.82) is 0 Å². The molecule has 0 saturated heterocycles. The van der Waals surface area contributed by atoms with Crippen LogP contribution in [0.15, 0.2) is 65.9 Å². The number of benzene rings is 3. The third-order valence-corrected chi connectivity index (χ3v) is 5.04. The fraction of sp³-hybridized carbons (Fsp3) is 0.136. The van der Waals surface area contributed by atoms with Crippen molar-refractivity contribution >= 4 is 45.5 Å². The van der Waals surface area contributed by atoms with Crippen LogP contribution in [-0.4, -0.2) is 19.3 Å². The second kappa shape index (κ2) is 9.08. The van der Waals surface area contributed by atoms with Gasteiger partial charge in [0.05, 0.1) is 18.2 Å². The number of nitroso groups, excluding NO2 is 1. The van der Waals surface area contributed by atoms with E-state index < -0.39 is 23.8 Å². The summed E-state index contributed by atoms with van der Waals surface area (Å²) >= 11 is 11.7. The average Bonchev–Trinajstić information content (AvgIpc) is 2.72. The standard InChI is InChI=1S/C22H14Cl2F3NO3/c1-31-21(29)18-7-6-17(15-4-2-3-5-16(15)18)20(28-30)11-19(22(25,26)27)12-8-13(23)10-14(24)9-12/h2-11,20H,1H3. The predicted octanol–water partition coefficient (Wildman–Crippen LogP) is 7.39. The highest BCUT2D eigenvalue weighted by atomic mass is 35.5. The predicted molar refractivity (Wildman–Crippen MR) is 114 cm³/mol. The second-order valence-corrected chi connectivity index (χ2v) is 7.40. The molecule has 3 aromatic carbocycles. The molecule has 0 bridgehead atoms. The van der Waals surface area contributed by atoms with E-state index in [0.717, 1.165) is 12.1 Å². The van der Waals surface area contributed by atoms with E-state index in [1.165, 1.54) is 25.3 Å². The molecular weight excluding hydrogens is 454 g/mol. The summed E-state index contributed by atoms with van der Waals surface area (Å²) in [4.78, 5) is 23.7. The molecule has 0 N–H and O–H groups in total. The highest BCUT2D eigenvalue weighted by Crippen LogP contribution is 2.40. The number of ether oxygens (including phenoxy) is 1. The van der Waals surface area contributed by atoms with Crippen LogP contribution in [0.25, 0.3) is 16.3 Å². The summed E-state index contributed by atoms with van der Waals surface area (Å²) in [5, 5.41) is 3.77. The molecule has 31 heavy (non-hydrogen) atoms. The molecule has 1 atom stereocenters. The number of halogens is 5. The van der Waals surface area contributed by atoms with Gasteiger partial charge in [-0.25, -0.2) is 4.79 Å². The molecule has 0 radical (unpaired) electrons. The Hall–Kier alpha value is -2.90. The Morgan fingerprint density at radius 2 is 1.65 bits per heavy atom. The molecule has 0 fully saturated rings. The lowest BCUT2D eigenvalue weighted by Crippen LogP contribution is -2.12. The van der Waals surface area contributed by atoms with Crippen LogP contribution in [-0.2, 0) is 4.74 Å². The molecule has 0 saturated carbocycles. The van der Waals surface area contributed by atoms with Crippen molar-refractivity contribution in [3.05, 3.63) is 92.3 Å². The minimum atomic E-state index is -4.81. The van der Waals surface area contributed by atoms with Gasteiger partial charge in [0.2, 0.25) is 0 Å². The maximum atomic E-state index is 13.9. The van der Waals surface area contributed by atoms with Gasteiger partial charge < -0.3 is 4.74 Å². The maximum Gasteiger partial charge on any atom is 0.416 e. The van der Waals surface area contributed by atoms with E-state index in [9.17, 15) is 22.9 Å². The van der Waals surface area contributed by atoms with E-state index in [0.29, 0.717) is 16.8 Å². The van der Waals surface area contributed by atoms with Crippen molar-refractivity contribution in [2.75, 3.05) is 7.11 Å². The van der Waals surface area contributed by atoms with Crippen LogP contribution in [0.3, 0.4) is 0 Å². The number of hydrogen-bond acceptors (Lipinski definition) is 4. The third kappa shape index (κ3) is 4.89. The fourth-order valence-electron chi connectivity index (χ4n) is 3.27. The summed E-state index contributed by atoms with van der Waals surface area (Å²) in [6.07, 6.45) is -4.09. The van der Waals surface area contributed by atoms with Gasteiger partial charge in [0.15, 0.2) is 0 Å². The van der Waals surface area contributed by atoms with Crippen molar-refractivity contribution < 1.29 is 22.7 Å². The molecule has 0 heterocycles. The average molecular weight is 468 g/mol. The van der Waals surface area contributed by atoms with Crippen LogP contribution in [0.5, 0.6) is 0 Å². The lowest BCUT2D eigenvalue weighted by Gasteiger charge is -2.16. The minimum absolute atomic E-state index is 0.0149. The summed E-state index contributed by atoms with van der Waals surface area (Å²) in [6.45, 7) is 0. The molecule has 0 aliphatic carbocycles. The first kappa shape index (κ1) is 22.8. The Balaban J connectivity index is 2.23. The number of nitrogens with zero attached hydrogens (tertiary/aromatic N) is 1. The molecule has 9 heteroatoms. The summed E-state index contributed by atoms with van der Waals surface area (Å²) in [7, 11) is 1.22. The van der Waals surface area contributed by atoms with Crippen LogP contribution in [0.2, 0.25) is 10.0 Å². The number of allylic oxidation sites excluding steroid dienone is 1. The van der Waals surface area contributed by atoms with E-state index in [2.05, 4.69) is 5.18 Å². The van der Waals surface area contributed by atoms with E-state index >= 15 is 0 Å². The van der Waals surface area contributed by atoms with E-state index in [-0.39, 0.29) is 26.7 Å². The quantitative estimate of drug-likeness (QED) is 0.290. The van der Waals surface area contributed by atoms with Gasteiger partial charge in [0.25, 0.3) is 0 Å². The highest BCUT2D eigenvalue weighted by molar-refractivity contribution is 6.34. The number of alkyl halides is 3. The van der Waals surface area contributed by atoms with E-state index in [1.807, 2.05) is 0 Å². The molecule has 0 spiro atoms. The van der Waals surface area contributed by atoms with Crippen molar-refractivity contribution in [3.8, 4) is 0 Å². The zero-order chi connectivity index (χ0) is 22.8. The number of methoxy groups -OCH3 is 1. The topological polar surface area (TPSA) is 55.7 Å². The smallest absolute Gasteiger partial charge is 0.416 e. The maximum absolute atomic E-state index is 13.9. The zero-order valence-electron chi connectivity index (χ0n) is 15.9. The Bertz CT molecular complexity index is 1170. The lowest BCUT2D eigenvalue weighted by molar-refractivity contribution is -0.0691. The molecule has 160 valence electrons. The summed E-state index contributed by atoms with van der Waals surface area (Å²) < 4.78 is 46.3. The molecule has 3 aromatic rings. The largest absolute Gasteiger partial charge is 0.465 e. The molecule has 0 aliphatic heterocycles. The van der Waals surface area contributed by atoms with Crippen molar-refractivity contribution in [2.45, 2.75) is 12.2 Å². The molecule has 1 unspecified atom stereocenters. The molecule has 0 aromatic heterocycles. The van der Waals surface area contributed by atoms with Gasteiger partial charge in [0.1, 0.15) is 6.04 Å². The van der Waals surface area contributed by atoms with Gasteiger partial charge in [-0.05, 0) is 52.2 Å². The van der Waals surface area contributed by atoms with Gasteiger partial charge >= 0.3 is 12.1 Å². The van der Waals surface area contributed by atoms with Gasteiger partial charge in [-0.1, -0.05) is 58.7 Å². The summed E-state index contributed by atoms with van der Waals surface area (Å²) in [6, 6.07) is 11.3. The second-order valence-electron chi connectivity index (χ2n) is 6.53. The third-order valence-electron chi connectivity index (χ3n) is 4.60. The van der Waals surface area contributed by atoms with Crippen LogP contribution in [0.1, 0.15) is 27.5 Å². The first-order valence-electron chi connectivity index (χ1n) is 8.83. The number of fused-ring (bicyclic) bond motifs is 1. The van der Waals surface area contributed by atoms with Crippen molar-refractivity contribution in [1.82, 2.24) is 0 Å². The Morgan fingerprint density at radius 1 is 1.03 bits per heavy atom. The number of esters is 1. The van der Waals surface area contributed by atoms with Gasteiger partial charge in [0, 0.05) is 10.0 Å². The van der Waals surface area contributed by atoms with Crippen molar-refractivity contribution in [3.63, 3.8) is 0 Å². The number of rotatable bonds is 5. The molecular formula is C22H14Cl2F3NO3. The Kier molecular flexibility index (Phi) is 6.67. The molecule has 0 amide bonds. The monoisotopic (exact) mass is 467 g/mol. The molecule has 3 rings (SSSR count). The first-order chi connectivity index (χ1) is 14.7. The number of carbonyl (C=O) groups excluding carboxylic acids is 1. The van der Waals surface area contributed by atoms with Crippen LogP contribution >= 0.6 is 23.2 Å². The lowest BCUT2D eigenvalue weighted by atomic mass is 9.93. The van der Waals surface area contributed by atoms with Crippen LogP contribution < -0.4 is 0 Å². The Morgan fingerprint density at radius 3 is 2.19 bits per heavy atom. The fourth-order valence-corrected chi connectivity index (χ4v) is 3.79. The van der Waals surface area contributed by atoms with Crippen LogP contribution in [0.4, 0.5) is 13.2 Å². The highest BCUT2D eigenvalue weighted by Gasteiger charge is 2.36. The van der Waals surface area contributed by atoms with Crippen LogP contribution in [0, 0.1) is 4.91 Å². The SMILES string of the molecule is COC(=O)c1ccc(C(C=C(c2cc(Cl)cc(Cl)c2)C(F)(F)F)N=O)c2ccccc12. The van der Waals surface area contributed by atoms with Gasteiger partial charge in [-0.3, -0.25) is 0 Å². The van der Waals surface area contributed by atoms with Gasteiger partial charge in [-0.15, -0.1) is 4.91 Å². The summed E-state index contributed by atoms with van der Waals surface area (Å²) in [5.74, 6) is -0.613. The number of carbonyl (C=O) groups is 1. The van der Waals surface area contributed by atoms with E-state index in [4.69, 9.17) is 27.9 Å². The Labute approximate surface area is 185 Å². The van der Waals surface area contributed by atoms with Gasteiger partial charge in [-0.2, -0.15) is 13.2 Å². The first-order valence-corrected chi connectivity index (χ1v) is 9.59. The number of hydrogen-bond donors (Lipinski definition) is 0. The molecule has 4 nitrogen and oxygen atoms in total. The molecule has 0 aliphatic rings. The van der Waals surface area contributed by atoms with E-state index in [1.54, 1.807) is 24.3 Å². The summed E-state index contributed by atoms with van der Waals surface area (Å²) in [5.41, 5.74) is -0.988. The normalized spacial score (nSPS) is 13.2.